The summed E-state index contributed by atoms with van der Waals surface area (Å²) in [6.07, 6.45) is 11.1. The molecule has 41 heavy (non-hydrogen) atoms. The molecule has 1 aliphatic heterocycles. The van der Waals surface area contributed by atoms with Gasteiger partial charge >= 0.3 is 0 Å². The largest absolute Gasteiger partial charge is 0.336 e. The molecule has 8 heteroatoms. The zero-order valence-corrected chi connectivity index (χ0v) is 24.0. The molecular formula is C33H36ClN5O2. The number of aryl methyl sites for hydroxylation is 1. The zero-order valence-electron chi connectivity index (χ0n) is 23.3. The fourth-order valence-electron chi connectivity index (χ4n) is 6.28. The molecule has 2 aromatic carbocycles. The average Bonchev–Trinajstić information content (AvgIpc) is 3.32. The van der Waals surface area contributed by atoms with Gasteiger partial charge in [0.2, 0.25) is 5.91 Å². The molecule has 0 atom stereocenters. The minimum absolute atomic E-state index is 0.00857. The number of anilines is 1. The van der Waals surface area contributed by atoms with Crippen molar-refractivity contribution < 1.29 is 9.59 Å². The molecule has 4 aromatic rings. The Morgan fingerprint density at radius 1 is 0.902 bits per heavy atom. The van der Waals surface area contributed by atoms with E-state index in [1.807, 2.05) is 70.1 Å². The summed E-state index contributed by atoms with van der Waals surface area (Å²) in [7, 11) is 0. The first kappa shape index (κ1) is 27.5. The number of pyridine rings is 1. The quantitative estimate of drug-likeness (QED) is 0.282. The van der Waals surface area contributed by atoms with Gasteiger partial charge in [-0.1, -0.05) is 55.1 Å². The number of piperazine rings is 1. The third-order valence-electron chi connectivity index (χ3n) is 8.50. The summed E-state index contributed by atoms with van der Waals surface area (Å²) in [6, 6.07) is 20.0. The molecule has 7 nitrogen and oxygen atoms in total. The highest BCUT2D eigenvalue weighted by Crippen LogP contribution is 2.35. The van der Waals surface area contributed by atoms with Crippen LogP contribution in [0, 0.1) is 0 Å². The smallest absolute Gasteiger partial charge is 0.257 e. The van der Waals surface area contributed by atoms with Crippen molar-refractivity contribution in [1.29, 1.82) is 0 Å². The van der Waals surface area contributed by atoms with Crippen LogP contribution in [-0.4, -0.2) is 63.4 Å². The maximum absolute atomic E-state index is 13.9. The van der Waals surface area contributed by atoms with E-state index in [1.54, 1.807) is 12.4 Å². The second-order valence-corrected chi connectivity index (χ2v) is 11.5. The van der Waals surface area contributed by atoms with Crippen LogP contribution in [0.15, 0.2) is 73.1 Å². The van der Waals surface area contributed by atoms with E-state index < -0.39 is 0 Å². The predicted molar refractivity (Wildman–Crippen MR) is 164 cm³/mol. The lowest BCUT2D eigenvalue weighted by molar-refractivity contribution is -0.116. The van der Waals surface area contributed by atoms with Crippen LogP contribution < -0.4 is 5.32 Å². The van der Waals surface area contributed by atoms with Crippen molar-refractivity contribution in [3.63, 3.8) is 0 Å². The lowest BCUT2D eigenvalue weighted by atomic mass is 9.94. The molecule has 6 rings (SSSR count). The summed E-state index contributed by atoms with van der Waals surface area (Å²) in [4.78, 5) is 35.0. The maximum atomic E-state index is 13.9. The molecule has 0 spiro atoms. The standard InChI is InChI=1S/C33H36ClN5O2/c34-32-31(33(41)38-21-19-37(20-22-38)26-8-2-1-3-9-26)28-10-4-5-11-29(28)39(32)27-15-13-25(14-16-27)36-30(40)17-12-24-7-6-18-35-23-24/h4-7,10-11,13-16,18,23,26H,1-3,8-9,12,17,19-22H2,(H,36,40). The Balaban J connectivity index is 1.17. The Bertz CT molecular complexity index is 1500. The number of halogens is 1. The molecule has 2 aliphatic rings. The van der Waals surface area contributed by atoms with E-state index in [1.165, 1.54) is 32.1 Å². The summed E-state index contributed by atoms with van der Waals surface area (Å²) >= 11 is 7.00. The molecule has 0 bridgehead atoms. The van der Waals surface area contributed by atoms with Crippen molar-refractivity contribution in [2.45, 2.75) is 51.0 Å². The van der Waals surface area contributed by atoms with Crippen molar-refractivity contribution in [3.05, 3.63) is 89.3 Å². The van der Waals surface area contributed by atoms with Crippen molar-refractivity contribution in [3.8, 4) is 5.69 Å². The molecule has 0 radical (unpaired) electrons. The van der Waals surface area contributed by atoms with E-state index in [9.17, 15) is 9.59 Å². The Hall–Kier alpha value is -3.68. The van der Waals surface area contributed by atoms with Crippen LogP contribution in [0.3, 0.4) is 0 Å². The fraction of sp³-hybridized carbons (Fsp3) is 0.364. The molecular weight excluding hydrogens is 534 g/mol. The van der Waals surface area contributed by atoms with Crippen LogP contribution >= 0.6 is 11.6 Å². The van der Waals surface area contributed by atoms with Crippen molar-refractivity contribution >= 4 is 40.0 Å². The second kappa shape index (κ2) is 12.5. The third-order valence-corrected chi connectivity index (χ3v) is 8.85. The minimum atomic E-state index is -0.0532. The SMILES string of the molecule is O=C(CCc1cccnc1)Nc1ccc(-n2c(Cl)c(C(=O)N3CCN(C4CCCCC4)CC3)c3ccccc32)cc1. The summed E-state index contributed by atoms with van der Waals surface area (Å²) < 4.78 is 1.93. The van der Waals surface area contributed by atoms with Crippen LogP contribution in [0.5, 0.6) is 0 Å². The van der Waals surface area contributed by atoms with Gasteiger partial charge in [-0.15, -0.1) is 0 Å². The molecule has 1 saturated heterocycles. The van der Waals surface area contributed by atoms with E-state index in [2.05, 4.69) is 15.2 Å². The highest BCUT2D eigenvalue weighted by Gasteiger charge is 2.31. The number of amides is 2. The average molecular weight is 570 g/mol. The minimum Gasteiger partial charge on any atom is -0.336 e. The van der Waals surface area contributed by atoms with E-state index >= 15 is 0 Å². The van der Waals surface area contributed by atoms with Crippen LogP contribution in [-0.2, 0) is 11.2 Å². The Kier molecular flexibility index (Phi) is 8.35. The summed E-state index contributed by atoms with van der Waals surface area (Å²) in [5.41, 5.74) is 4.02. The molecule has 212 valence electrons. The molecule has 2 fully saturated rings. The summed E-state index contributed by atoms with van der Waals surface area (Å²) in [5, 5.41) is 4.24. The topological polar surface area (TPSA) is 70.5 Å². The lowest BCUT2D eigenvalue weighted by Gasteiger charge is -2.40. The van der Waals surface area contributed by atoms with Crippen LogP contribution in [0.1, 0.15) is 54.4 Å². The molecule has 2 aromatic heterocycles. The van der Waals surface area contributed by atoms with Gasteiger partial charge in [-0.2, -0.15) is 0 Å². The molecule has 1 aliphatic carbocycles. The van der Waals surface area contributed by atoms with Gasteiger partial charge < -0.3 is 10.2 Å². The Morgan fingerprint density at radius 3 is 2.39 bits per heavy atom. The summed E-state index contributed by atoms with van der Waals surface area (Å²) in [5.74, 6) is -0.0618. The van der Waals surface area contributed by atoms with Gasteiger partial charge in [0.1, 0.15) is 5.15 Å². The van der Waals surface area contributed by atoms with Crippen molar-refractivity contribution in [2.75, 3.05) is 31.5 Å². The van der Waals surface area contributed by atoms with E-state index in [-0.39, 0.29) is 11.8 Å². The second-order valence-electron chi connectivity index (χ2n) is 11.1. The van der Waals surface area contributed by atoms with Gasteiger partial charge in [0.05, 0.1) is 11.1 Å². The Morgan fingerprint density at radius 2 is 1.66 bits per heavy atom. The molecule has 2 amide bonds. The first-order valence-corrected chi connectivity index (χ1v) is 15.1. The number of hydrogen-bond acceptors (Lipinski definition) is 4. The van der Waals surface area contributed by atoms with Crippen molar-refractivity contribution in [1.82, 2.24) is 19.4 Å². The van der Waals surface area contributed by atoms with Crippen LogP contribution in [0.2, 0.25) is 5.15 Å². The van der Waals surface area contributed by atoms with Gasteiger partial charge in [-0.3, -0.25) is 24.0 Å². The van der Waals surface area contributed by atoms with Gasteiger partial charge in [-0.05, 0) is 61.2 Å². The van der Waals surface area contributed by atoms with E-state index in [0.717, 1.165) is 48.3 Å². The number of nitrogens with zero attached hydrogens (tertiary/aromatic N) is 4. The fourth-order valence-corrected chi connectivity index (χ4v) is 6.65. The Labute approximate surface area is 246 Å². The number of fused-ring (bicyclic) bond motifs is 1. The maximum Gasteiger partial charge on any atom is 0.257 e. The number of carbonyl (C=O) groups excluding carboxylic acids is 2. The van der Waals surface area contributed by atoms with E-state index in [4.69, 9.17) is 11.6 Å². The van der Waals surface area contributed by atoms with Crippen LogP contribution in [0.4, 0.5) is 5.69 Å². The normalized spacial score (nSPS) is 16.7. The highest BCUT2D eigenvalue weighted by atomic mass is 35.5. The van der Waals surface area contributed by atoms with Crippen molar-refractivity contribution in [2.24, 2.45) is 0 Å². The van der Waals surface area contributed by atoms with Gasteiger partial charge in [0.25, 0.3) is 5.91 Å². The number of para-hydroxylation sites is 1. The zero-order chi connectivity index (χ0) is 28.2. The number of aromatic nitrogens is 2. The number of rotatable bonds is 7. The first-order chi connectivity index (χ1) is 20.1. The first-order valence-electron chi connectivity index (χ1n) is 14.7. The lowest BCUT2D eigenvalue weighted by Crippen LogP contribution is -2.52. The summed E-state index contributed by atoms with van der Waals surface area (Å²) in [6.45, 7) is 3.28. The number of carbonyl (C=O) groups is 2. The third kappa shape index (κ3) is 6.02. The number of benzene rings is 2. The van der Waals surface area contributed by atoms with Gasteiger partial charge in [-0.25, -0.2) is 0 Å². The molecule has 1 N–H and O–H groups in total. The van der Waals surface area contributed by atoms with Gasteiger partial charge in [0.15, 0.2) is 0 Å². The molecule has 1 saturated carbocycles. The van der Waals surface area contributed by atoms with Crippen LogP contribution in [0.25, 0.3) is 16.6 Å². The predicted octanol–water partition coefficient (Wildman–Crippen LogP) is 6.34. The monoisotopic (exact) mass is 569 g/mol. The number of hydrogen-bond donors (Lipinski definition) is 1. The molecule has 3 heterocycles. The number of nitrogens with one attached hydrogen (secondary N) is 1. The van der Waals surface area contributed by atoms with E-state index in [0.29, 0.717) is 35.3 Å². The van der Waals surface area contributed by atoms with Gasteiger partial charge in [0, 0.05) is 67.8 Å². The molecule has 0 unspecified atom stereocenters. The highest BCUT2D eigenvalue weighted by molar-refractivity contribution is 6.36.